The zero-order valence-corrected chi connectivity index (χ0v) is 15.8. The lowest BCUT2D eigenvalue weighted by molar-refractivity contribution is 0.0948. The Kier molecular flexibility index (Phi) is 5.73. The molecule has 0 aliphatic carbocycles. The van der Waals surface area contributed by atoms with Crippen molar-refractivity contribution >= 4 is 39.1 Å². The van der Waals surface area contributed by atoms with Gasteiger partial charge in [-0.25, -0.2) is 4.68 Å². The Morgan fingerprint density at radius 3 is 3.00 bits per heavy atom. The van der Waals surface area contributed by atoms with Crippen molar-refractivity contribution in [1.82, 2.24) is 15.1 Å². The summed E-state index contributed by atoms with van der Waals surface area (Å²) in [5.74, 6) is -0.0604. The number of aryl methyl sites for hydroxylation is 1. The fraction of sp³-hybridized carbons (Fsp3) is 0.333. The zero-order chi connectivity index (χ0) is 17.8. The molecule has 0 spiro atoms. The van der Waals surface area contributed by atoms with Crippen molar-refractivity contribution in [1.29, 1.82) is 0 Å². The summed E-state index contributed by atoms with van der Waals surface area (Å²) in [5, 5.41) is 9.16. The molecule has 132 valence electrons. The SMILES string of the molecule is CCOCCCNC(=O)c1cc2c(C)nn(-c3cccc(Cl)c3)c2s1. The Morgan fingerprint density at radius 2 is 2.24 bits per heavy atom. The summed E-state index contributed by atoms with van der Waals surface area (Å²) in [5.41, 5.74) is 1.78. The number of thiophene rings is 1. The summed E-state index contributed by atoms with van der Waals surface area (Å²) in [6.45, 7) is 5.86. The maximum atomic E-state index is 12.4. The predicted octanol–water partition coefficient (Wildman–Crippen LogP) is 4.21. The second kappa shape index (κ2) is 7.99. The molecule has 0 saturated heterocycles. The van der Waals surface area contributed by atoms with Gasteiger partial charge in [0.1, 0.15) is 4.83 Å². The summed E-state index contributed by atoms with van der Waals surface area (Å²) < 4.78 is 7.12. The van der Waals surface area contributed by atoms with Gasteiger partial charge in [0.15, 0.2) is 0 Å². The number of carbonyl (C=O) groups is 1. The van der Waals surface area contributed by atoms with Gasteiger partial charge in [0.25, 0.3) is 5.91 Å². The van der Waals surface area contributed by atoms with Crippen LogP contribution in [0.3, 0.4) is 0 Å². The molecule has 25 heavy (non-hydrogen) atoms. The monoisotopic (exact) mass is 377 g/mol. The van der Waals surface area contributed by atoms with Crippen LogP contribution in [-0.4, -0.2) is 35.4 Å². The lowest BCUT2D eigenvalue weighted by Gasteiger charge is -2.04. The largest absolute Gasteiger partial charge is 0.382 e. The van der Waals surface area contributed by atoms with Gasteiger partial charge in [-0.1, -0.05) is 17.7 Å². The average molecular weight is 378 g/mol. The predicted molar refractivity (Wildman–Crippen MR) is 102 cm³/mol. The first-order chi connectivity index (χ1) is 12.1. The second-order valence-corrected chi connectivity index (χ2v) is 7.08. The topological polar surface area (TPSA) is 56.1 Å². The maximum Gasteiger partial charge on any atom is 0.261 e. The standard InChI is InChI=1S/C18H20ClN3O2S/c1-3-24-9-5-8-20-17(23)16-11-15-12(2)21-22(18(15)25-16)14-7-4-6-13(19)10-14/h4,6-7,10-11H,3,5,8-9H2,1-2H3,(H,20,23). The number of hydrogen-bond donors (Lipinski definition) is 1. The van der Waals surface area contributed by atoms with Gasteiger partial charge in [-0.3, -0.25) is 4.79 Å². The fourth-order valence-corrected chi connectivity index (χ4v) is 3.83. The first kappa shape index (κ1) is 17.9. The molecule has 2 aromatic heterocycles. The third-order valence-electron chi connectivity index (χ3n) is 3.78. The number of carbonyl (C=O) groups excluding carboxylic acids is 1. The lowest BCUT2D eigenvalue weighted by Crippen LogP contribution is -2.24. The number of rotatable bonds is 7. The van der Waals surface area contributed by atoms with E-state index in [1.807, 2.05) is 48.9 Å². The maximum absolute atomic E-state index is 12.4. The van der Waals surface area contributed by atoms with Gasteiger partial charge in [-0.05, 0) is 44.5 Å². The number of hydrogen-bond acceptors (Lipinski definition) is 4. The smallest absolute Gasteiger partial charge is 0.261 e. The molecule has 3 rings (SSSR count). The molecule has 1 N–H and O–H groups in total. The van der Waals surface area contributed by atoms with E-state index in [4.69, 9.17) is 16.3 Å². The van der Waals surface area contributed by atoms with Crippen LogP contribution < -0.4 is 5.32 Å². The quantitative estimate of drug-likeness (QED) is 0.627. The van der Waals surface area contributed by atoms with Gasteiger partial charge in [-0.15, -0.1) is 11.3 Å². The van der Waals surface area contributed by atoms with Crippen LogP contribution >= 0.6 is 22.9 Å². The van der Waals surface area contributed by atoms with Crippen molar-refractivity contribution in [3.05, 3.63) is 45.9 Å². The van der Waals surface area contributed by atoms with Gasteiger partial charge in [0.05, 0.1) is 16.3 Å². The van der Waals surface area contributed by atoms with E-state index in [0.29, 0.717) is 29.7 Å². The van der Waals surface area contributed by atoms with E-state index in [1.54, 1.807) is 0 Å². The molecule has 1 amide bonds. The molecule has 7 heteroatoms. The summed E-state index contributed by atoms with van der Waals surface area (Å²) in [7, 11) is 0. The van der Waals surface area contributed by atoms with Crippen LogP contribution in [0.1, 0.15) is 28.7 Å². The summed E-state index contributed by atoms with van der Waals surface area (Å²) in [4.78, 5) is 14.0. The molecule has 5 nitrogen and oxygen atoms in total. The Morgan fingerprint density at radius 1 is 1.40 bits per heavy atom. The molecule has 0 radical (unpaired) electrons. The Hall–Kier alpha value is -1.89. The minimum absolute atomic E-state index is 0.0604. The number of nitrogens with zero attached hydrogens (tertiary/aromatic N) is 2. The average Bonchev–Trinajstić information content (AvgIpc) is 3.15. The van der Waals surface area contributed by atoms with Crippen molar-refractivity contribution in [3.8, 4) is 5.69 Å². The van der Waals surface area contributed by atoms with Crippen molar-refractivity contribution in [2.24, 2.45) is 0 Å². The third kappa shape index (κ3) is 4.03. The molecule has 2 heterocycles. The molecule has 0 atom stereocenters. The van der Waals surface area contributed by atoms with Crippen molar-refractivity contribution in [2.75, 3.05) is 19.8 Å². The highest BCUT2D eigenvalue weighted by Crippen LogP contribution is 2.30. The number of aromatic nitrogens is 2. The van der Waals surface area contributed by atoms with Gasteiger partial charge in [-0.2, -0.15) is 5.10 Å². The number of halogens is 1. The normalized spacial score (nSPS) is 11.2. The Balaban J connectivity index is 1.80. The van der Waals surface area contributed by atoms with E-state index in [2.05, 4.69) is 10.4 Å². The fourth-order valence-electron chi connectivity index (χ4n) is 2.55. The first-order valence-corrected chi connectivity index (χ1v) is 9.40. The van der Waals surface area contributed by atoms with Crippen molar-refractivity contribution < 1.29 is 9.53 Å². The molecular weight excluding hydrogens is 358 g/mol. The number of ether oxygens (including phenoxy) is 1. The highest BCUT2D eigenvalue weighted by molar-refractivity contribution is 7.20. The molecule has 1 aromatic carbocycles. The Labute approximate surface area is 155 Å². The Bertz CT molecular complexity index is 888. The van der Waals surface area contributed by atoms with E-state index in [9.17, 15) is 4.79 Å². The molecule has 0 aliphatic rings. The number of amides is 1. The van der Waals surface area contributed by atoms with Crippen LogP contribution in [0.5, 0.6) is 0 Å². The minimum atomic E-state index is -0.0604. The number of benzene rings is 1. The number of nitrogens with one attached hydrogen (secondary N) is 1. The minimum Gasteiger partial charge on any atom is -0.382 e. The third-order valence-corrected chi connectivity index (χ3v) is 5.12. The van der Waals surface area contributed by atoms with E-state index in [0.717, 1.165) is 28.0 Å². The number of fused-ring (bicyclic) bond motifs is 1. The van der Waals surface area contributed by atoms with E-state index in [1.165, 1.54) is 11.3 Å². The summed E-state index contributed by atoms with van der Waals surface area (Å²) >= 11 is 7.53. The van der Waals surface area contributed by atoms with Gasteiger partial charge in [0.2, 0.25) is 0 Å². The zero-order valence-electron chi connectivity index (χ0n) is 14.2. The summed E-state index contributed by atoms with van der Waals surface area (Å²) in [6, 6.07) is 9.43. The highest BCUT2D eigenvalue weighted by atomic mass is 35.5. The molecule has 3 aromatic rings. The molecule has 0 fully saturated rings. The van der Waals surface area contributed by atoms with Crippen molar-refractivity contribution in [2.45, 2.75) is 20.3 Å². The van der Waals surface area contributed by atoms with Crippen LogP contribution in [-0.2, 0) is 4.74 Å². The molecule has 0 unspecified atom stereocenters. The molecule has 0 aliphatic heterocycles. The lowest BCUT2D eigenvalue weighted by atomic mass is 10.3. The van der Waals surface area contributed by atoms with Crippen LogP contribution in [0, 0.1) is 6.92 Å². The summed E-state index contributed by atoms with van der Waals surface area (Å²) in [6.07, 6.45) is 0.805. The first-order valence-electron chi connectivity index (χ1n) is 8.21. The van der Waals surface area contributed by atoms with Gasteiger partial charge < -0.3 is 10.1 Å². The second-order valence-electron chi connectivity index (χ2n) is 5.61. The molecule has 0 bridgehead atoms. The van der Waals surface area contributed by atoms with Crippen LogP contribution in [0.15, 0.2) is 30.3 Å². The molecule has 0 saturated carbocycles. The van der Waals surface area contributed by atoms with Gasteiger partial charge in [0, 0.05) is 30.2 Å². The highest BCUT2D eigenvalue weighted by Gasteiger charge is 2.17. The van der Waals surface area contributed by atoms with Crippen LogP contribution in [0.25, 0.3) is 15.9 Å². The van der Waals surface area contributed by atoms with Crippen molar-refractivity contribution in [3.63, 3.8) is 0 Å². The van der Waals surface area contributed by atoms with Crippen LogP contribution in [0.4, 0.5) is 0 Å². The van der Waals surface area contributed by atoms with E-state index in [-0.39, 0.29) is 5.91 Å². The van der Waals surface area contributed by atoms with Gasteiger partial charge >= 0.3 is 0 Å². The van der Waals surface area contributed by atoms with E-state index < -0.39 is 0 Å². The van der Waals surface area contributed by atoms with Crippen LogP contribution in [0.2, 0.25) is 5.02 Å². The van der Waals surface area contributed by atoms with E-state index >= 15 is 0 Å². The molecular formula is C18H20ClN3O2S.